The van der Waals surface area contributed by atoms with Gasteiger partial charge in [0.25, 0.3) is 0 Å². The number of halogens is 2. The maximum absolute atomic E-state index is 12.5. The van der Waals surface area contributed by atoms with Gasteiger partial charge < -0.3 is 0 Å². The van der Waals surface area contributed by atoms with Crippen molar-refractivity contribution in [2.75, 3.05) is 5.48 Å². The van der Waals surface area contributed by atoms with Gasteiger partial charge in [-0.15, -0.1) is 0 Å². The molecule has 0 amide bonds. The smallest absolute Gasteiger partial charge is 0.143 e. The molecule has 1 aromatic rings. The quantitative estimate of drug-likeness (QED) is 0.620. The molecule has 10 heavy (non-hydrogen) atoms. The summed E-state index contributed by atoms with van der Waals surface area (Å²) in [4.78, 5) is 0. The van der Waals surface area contributed by atoms with Gasteiger partial charge in [0, 0.05) is 0 Å². The van der Waals surface area contributed by atoms with E-state index in [4.69, 9.17) is 16.8 Å². The SMILES string of the molecule is ONc1cccc(F)c1Cl. The fraction of sp³-hybridized carbons (Fsp3) is 0. The minimum Gasteiger partial charge on any atom is -0.291 e. The largest absolute Gasteiger partial charge is 0.291 e. The van der Waals surface area contributed by atoms with Crippen LogP contribution in [0.5, 0.6) is 0 Å². The van der Waals surface area contributed by atoms with Crippen molar-refractivity contribution < 1.29 is 9.60 Å². The number of hydrogen-bond acceptors (Lipinski definition) is 2. The molecule has 1 rings (SSSR count). The molecule has 4 heteroatoms. The third-order valence-electron chi connectivity index (χ3n) is 1.07. The average molecular weight is 162 g/mol. The molecular formula is C6H5ClFNO. The van der Waals surface area contributed by atoms with E-state index in [1.807, 2.05) is 0 Å². The summed E-state index contributed by atoms with van der Waals surface area (Å²) < 4.78 is 12.5. The molecule has 1 aromatic carbocycles. The summed E-state index contributed by atoms with van der Waals surface area (Å²) in [5.41, 5.74) is 1.93. The molecule has 0 saturated heterocycles. The highest BCUT2D eigenvalue weighted by molar-refractivity contribution is 6.33. The molecule has 54 valence electrons. The summed E-state index contributed by atoms with van der Waals surface area (Å²) in [5, 5.41) is 8.24. The molecule has 0 atom stereocenters. The molecule has 0 spiro atoms. The summed E-state index contributed by atoms with van der Waals surface area (Å²) in [6, 6.07) is 4.12. The second-order valence-corrected chi connectivity index (χ2v) is 2.09. The monoisotopic (exact) mass is 161 g/mol. The van der Waals surface area contributed by atoms with Crippen LogP contribution in [0.3, 0.4) is 0 Å². The summed E-state index contributed by atoms with van der Waals surface area (Å²) in [5.74, 6) is -0.555. The van der Waals surface area contributed by atoms with Gasteiger partial charge in [-0.3, -0.25) is 10.7 Å². The van der Waals surface area contributed by atoms with Gasteiger partial charge in [-0.2, -0.15) is 0 Å². The van der Waals surface area contributed by atoms with Crippen molar-refractivity contribution in [3.63, 3.8) is 0 Å². The predicted molar refractivity (Wildman–Crippen MR) is 36.8 cm³/mol. The Kier molecular flexibility index (Phi) is 2.09. The van der Waals surface area contributed by atoms with Gasteiger partial charge >= 0.3 is 0 Å². The normalized spacial score (nSPS) is 9.50. The molecule has 0 fully saturated rings. The minimum absolute atomic E-state index is 0.106. The van der Waals surface area contributed by atoms with E-state index in [2.05, 4.69) is 0 Å². The second kappa shape index (κ2) is 2.86. The number of nitrogens with one attached hydrogen (secondary N) is 1. The number of benzene rings is 1. The van der Waals surface area contributed by atoms with Gasteiger partial charge in [-0.25, -0.2) is 4.39 Å². The lowest BCUT2D eigenvalue weighted by Gasteiger charge is -2.00. The molecule has 0 radical (unpaired) electrons. The van der Waals surface area contributed by atoms with E-state index in [-0.39, 0.29) is 10.7 Å². The van der Waals surface area contributed by atoms with Crippen molar-refractivity contribution in [1.82, 2.24) is 0 Å². The van der Waals surface area contributed by atoms with Crippen LogP contribution in [0.25, 0.3) is 0 Å². The Labute approximate surface area is 62.2 Å². The van der Waals surface area contributed by atoms with E-state index in [1.165, 1.54) is 18.2 Å². The van der Waals surface area contributed by atoms with E-state index < -0.39 is 5.82 Å². The summed E-state index contributed by atoms with van der Waals surface area (Å²) in [6.45, 7) is 0. The third-order valence-corrected chi connectivity index (χ3v) is 1.46. The van der Waals surface area contributed by atoms with Gasteiger partial charge in [-0.05, 0) is 12.1 Å². The van der Waals surface area contributed by atoms with Crippen LogP contribution >= 0.6 is 11.6 Å². The third kappa shape index (κ3) is 1.20. The van der Waals surface area contributed by atoms with Crippen LogP contribution in [0.2, 0.25) is 5.02 Å². The lowest BCUT2D eigenvalue weighted by Crippen LogP contribution is -1.90. The first-order valence-electron chi connectivity index (χ1n) is 2.60. The average Bonchev–Trinajstić information content (AvgIpc) is 1.95. The van der Waals surface area contributed by atoms with E-state index in [1.54, 1.807) is 5.48 Å². The zero-order valence-electron chi connectivity index (χ0n) is 4.94. The van der Waals surface area contributed by atoms with Gasteiger partial charge in [0.15, 0.2) is 0 Å². The molecule has 2 nitrogen and oxygen atoms in total. The number of rotatable bonds is 1. The molecule has 0 aromatic heterocycles. The van der Waals surface area contributed by atoms with E-state index >= 15 is 0 Å². The predicted octanol–water partition coefficient (Wildman–Crippen LogP) is 2.28. The van der Waals surface area contributed by atoms with Gasteiger partial charge in [0.2, 0.25) is 0 Å². The zero-order valence-corrected chi connectivity index (χ0v) is 5.69. The van der Waals surface area contributed by atoms with E-state index in [0.717, 1.165) is 0 Å². The highest BCUT2D eigenvalue weighted by atomic mass is 35.5. The van der Waals surface area contributed by atoms with Crippen molar-refractivity contribution >= 4 is 17.3 Å². The highest BCUT2D eigenvalue weighted by Gasteiger charge is 2.02. The molecule has 0 heterocycles. The minimum atomic E-state index is -0.555. The maximum Gasteiger partial charge on any atom is 0.143 e. The number of anilines is 1. The second-order valence-electron chi connectivity index (χ2n) is 1.71. The summed E-state index contributed by atoms with van der Waals surface area (Å²) >= 11 is 5.40. The molecule has 0 aliphatic heterocycles. The Bertz CT molecular complexity index is 241. The van der Waals surface area contributed by atoms with Crippen LogP contribution < -0.4 is 5.48 Å². The van der Waals surface area contributed by atoms with Crippen molar-refractivity contribution in [1.29, 1.82) is 0 Å². The van der Waals surface area contributed by atoms with Crippen LogP contribution in [-0.2, 0) is 0 Å². The fourth-order valence-corrected chi connectivity index (χ4v) is 0.758. The van der Waals surface area contributed by atoms with Crippen molar-refractivity contribution in [3.8, 4) is 0 Å². The Hall–Kier alpha value is -0.800. The first-order valence-corrected chi connectivity index (χ1v) is 2.97. The first kappa shape index (κ1) is 7.31. The zero-order chi connectivity index (χ0) is 7.56. The van der Waals surface area contributed by atoms with Crippen LogP contribution in [0, 0.1) is 5.82 Å². The molecule has 0 aliphatic rings. The summed E-state index contributed by atoms with van der Waals surface area (Å²) in [7, 11) is 0. The topological polar surface area (TPSA) is 32.3 Å². The van der Waals surface area contributed by atoms with Crippen LogP contribution in [0.15, 0.2) is 18.2 Å². The number of hydrogen-bond donors (Lipinski definition) is 2. The standard InChI is InChI=1S/C6H5ClFNO/c7-6-4(8)2-1-3-5(6)9-10/h1-3,9-10H. The Balaban J connectivity index is 3.14. The van der Waals surface area contributed by atoms with Crippen LogP contribution in [0.1, 0.15) is 0 Å². The van der Waals surface area contributed by atoms with Gasteiger partial charge in [0.05, 0.1) is 5.69 Å². The van der Waals surface area contributed by atoms with E-state index in [9.17, 15) is 4.39 Å². The van der Waals surface area contributed by atoms with Crippen molar-refractivity contribution in [3.05, 3.63) is 29.0 Å². The highest BCUT2D eigenvalue weighted by Crippen LogP contribution is 2.23. The molecule has 0 aliphatic carbocycles. The molecule has 0 bridgehead atoms. The fourth-order valence-electron chi connectivity index (χ4n) is 0.590. The van der Waals surface area contributed by atoms with Gasteiger partial charge in [0.1, 0.15) is 10.8 Å². The lowest BCUT2D eigenvalue weighted by molar-refractivity contribution is 0.388. The molecular weight excluding hydrogens is 157 g/mol. The molecule has 0 unspecified atom stereocenters. The molecule has 2 N–H and O–H groups in total. The lowest BCUT2D eigenvalue weighted by atomic mass is 10.3. The Morgan fingerprint density at radius 3 is 2.70 bits per heavy atom. The summed E-state index contributed by atoms with van der Waals surface area (Å²) in [6.07, 6.45) is 0. The van der Waals surface area contributed by atoms with Crippen LogP contribution in [0.4, 0.5) is 10.1 Å². The Morgan fingerprint density at radius 1 is 1.50 bits per heavy atom. The maximum atomic E-state index is 12.5. The molecule has 0 saturated carbocycles. The Morgan fingerprint density at radius 2 is 2.20 bits per heavy atom. The first-order chi connectivity index (χ1) is 4.75. The van der Waals surface area contributed by atoms with Crippen LogP contribution in [-0.4, -0.2) is 5.21 Å². The van der Waals surface area contributed by atoms with E-state index in [0.29, 0.717) is 0 Å². The van der Waals surface area contributed by atoms with Gasteiger partial charge in [-0.1, -0.05) is 17.7 Å². The van der Waals surface area contributed by atoms with Crippen molar-refractivity contribution in [2.45, 2.75) is 0 Å². The van der Waals surface area contributed by atoms with Crippen molar-refractivity contribution in [2.24, 2.45) is 0 Å².